The molecule has 0 heterocycles. The Morgan fingerprint density at radius 2 is 1.67 bits per heavy atom. The highest BCUT2D eigenvalue weighted by Gasteiger charge is 2.26. The van der Waals surface area contributed by atoms with Crippen LogP contribution in [0.2, 0.25) is 0 Å². The minimum absolute atomic E-state index is 0.0481. The van der Waals surface area contributed by atoms with Crippen LogP contribution in [0.3, 0.4) is 0 Å². The van der Waals surface area contributed by atoms with Crippen molar-refractivity contribution in [2.24, 2.45) is 0 Å². The zero-order chi connectivity index (χ0) is 22.6. The molecule has 0 saturated heterocycles. The Balaban J connectivity index is 2.29. The van der Waals surface area contributed by atoms with Gasteiger partial charge in [-0.3, -0.25) is 4.79 Å². The van der Waals surface area contributed by atoms with Crippen molar-refractivity contribution < 1.29 is 24.2 Å². The van der Waals surface area contributed by atoms with Gasteiger partial charge in [-0.25, -0.2) is 4.79 Å². The van der Waals surface area contributed by atoms with E-state index in [0.717, 1.165) is 5.69 Å². The minimum atomic E-state index is -0.686. The third-order valence-corrected chi connectivity index (χ3v) is 4.61. The summed E-state index contributed by atoms with van der Waals surface area (Å²) >= 11 is 0. The highest BCUT2D eigenvalue weighted by Crippen LogP contribution is 2.33. The number of hydrogen-bond donors (Lipinski definition) is 1. The summed E-state index contributed by atoms with van der Waals surface area (Å²) in [4.78, 5) is 25.8. The molecule has 1 N–H and O–H groups in total. The Hall–Kier alpha value is -3.02. The van der Waals surface area contributed by atoms with Gasteiger partial charge in [0.05, 0.1) is 0 Å². The second-order valence-electron chi connectivity index (χ2n) is 8.55. The summed E-state index contributed by atoms with van der Waals surface area (Å²) in [6.07, 6.45) is 0. The number of hydrogen-bond acceptors (Lipinski definition) is 5. The largest absolute Gasteiger partial charge is 0.507 e. The van der Waals surface area contributed by atoms with Crippen LogP contribution in [-0.4, -0.2) is 29.6 Å². The Kier molecular flexibility index (Phi) is 7.13. The number of ether oxygens (including phenoxy) is 2. The topological polar surface area (TPSA) is 76.1 Å². The predicted molar refractivity (Wildman–Crippen MR) is 117 cm³/mol. The Morgan fingerprint density at radius 3 is 2.17 bits per heavy atom. The number of benzene rings is 2. The summed E-state index contributed by atoms with van der Waals surface area (Å²) in [7, 11) is 1.70. The molecule has 162 valence electrons. The van der Waals surface area contributed by atoms with Crippen molar-refractivity contribution in [3.05, 3.63) is 53.1 Å². The molecule has 0 aromatic heterocycles. The van der Waals surface area contributed by atoms with Crippen LogP contribution in [0.15, 0.2) is 36.4 Å². The number of rotatable bonds is 6. The molecule has 0 bridgehead atoms. The maximum Gasteiger partial charge on any atom is 0.342 e. The molecule has 0 radical (unpaired) electrons. The van der Waals surface area contributed by atoms with Gasteiger partial charge in [0.1, 0.15) is 29.3 Å². The fraction of sp³-hybridized carbons (Fsp3) is 0.417. The van der Waals surface area contributed by atoms with Gasteiger partial charge in [-0.1, -0.05) is 26.0 Å². The summed E-state index contributed by atoms with van der Waals surface area (Å²) in [5.74, 6) is -0.0880. The molecule has 30 heavy (non-hydrogen) atoms. The van der Waals surface area contributed by atoms with Crippen LogP contribution in [0.5, 0.6) is 11.5 Å². The first-order chi connectivity index (χ1) is 13.9. The maximum absolute atomic E-state index is 12.8. The fourth-order valence-electron chi connectivity index (χ4n) is 2.90. The van der Waals surface area contributed by atoms with Crippen molar-refractivity contribution in [2.75, 3.05) is 11.9 Å². The first kappa shape index (κ1) is 23.3. The quantitative estimate of drug-likeness (QED) is 0.672. The minimum Gasteiger partial charge on any atom is -0.507 e. The Labute approximate surface area is 178 Å². The molecular weight excluding hydrogens is 382 g/mol. The van der Waals surface area contributed by atoms with Crippen molar-refractivity contribution in [1.29, 1.82) is 0 Å². The number of phenols is 1. The number of amides is 1. The average Bonchev–Trinajstić information content (AvgIpc) is 2.64. The van der Waals surface area contributed by atoms with Crippen molar-refractivity contribution in [3.63, 3.8) is 0 Å². The normalized spacial score (nSPS) is 11.3. The third kappa shape index (κ3) is 5.75. The van der Waals surface area contributed by atoms with E-state index >= 15 is 0 Å². The zero-order valence-electron chi connectivity index (χ0n) is 18.8. The molecule has 0 atom stereocenters. The lowest BCUT2D eigenvalue weighted by Gasteiger charge is -2.22. The van der Waals surface area contributed by atoms with E-state index in [1.807, 2.05) is 13.8 Å². The van der Waals surface area contributed by atoms with E-state index in [9.17, 15) is 14.7 Å². The second-order valence-corrected chi connectivity index (χ2v) is 8.55. The van der Waals surface area contributed by atoms with Gasteiger partial charge in [0.2, 0.25) is 5.91 Å². The van der Waals surface area contributed by atoms with Gasteiger partial charge in [-0.05, 0) is 56.5 Å². The van der Waals surface area contributed by atoms with E-state index in [-0.39, 0.29) is 29.7 Å². The molecule has 2 aromatic carbocycles. The number of phenolic OH excluding ortho intramolecular Hbond substituents is 1. The van der Waals surface area contributed by atoms with E-state index < -0.39 is 11.6 Å². The summed E-state index contributed by atoms with van der Waals surface area (Å²) < 4.78 is 11.3. The first-order valence-electron chi connectivity index (χ1n) is 9.96. The molecule has 0 aliphatic heterocycles. The van der Waals surface area contributed by atoms with Gasteiger partial charge in [0.15, 0.2) is 0 Å². The van der Waals surface area contributed by atoms with Crippen LogP contribution in [0.25, 0.3) is 0 Å². The standard InChI is InChI=1S/C24H31NO5/c1-15(2)20-13-8-17(21(22(20)27)23(28)30-24(4,5)6)14-29-19-11-9-18(10-12-19)25(7)16(3)26/h8-13,15,27H,14H2,1-7H3. The lowest BCUT2D eigenvalue weighted by molar-refractivity contribution is -0.116. The molecule has 0 unspecified atom stereocenters. The Bertz CT molecular complexity index is 910. The molecule has 0 spiro atoms. The molecule has 6 heteroatoms. The van der Waals surface area contributed by atoms with Gasteiger partial charge in [0.25, 0.3) is 0 Å². The molecule has 2 rings (SSSR count). The number of esters is 1. The van der Waals surface area contributed by atoms with E-state index in [1.165, 1.54) is 11.8 Å². The van der Waals surface area contributed by atoms with Gasteiger partial charge in [-0.2, -0.15) is 0 Å². The van der Waals surface area contributed by atoms with E-state index in [4.69, 9.17) is 9.47 Å². The van der Waals surface area contributed by atoms with Crippen LogP contribution in [0.1, 0.15) is 68.9 Å². The third-order valence-electron chi connectivity index (χ3n) is 4.61. The lowest BCUT2D eigenvalue weighted by atomic mass is 9.95. The van der Waals surface area contributed by atoms with Gasteiger partial charge >= 0.3 is 5.97 Å². The van der Waals surface area contributed by atoms with Crippen LogP contribution >= 0.6 is 0 Å². The summed E-state index contributed by atoms with van der Waals surface area (Å²) in [6.45, 7) is 10.8. The molecule has 1 amide bonds. The Morgan fingerprint density at radius 1 is 1.07 bits per heavy atom. The fourth-order valence-corrected chi connectivity index (χ4v) is 2.90. The van der Waals surface area contributed by atoms with E-state index in [1.54, 1.807) is 64.2 Å². The van der Waals surface area contributed by atoms with Crippen molar-refractivity contribution in [3.8, 4) is 11.5 Å². The van der Waals surface area contributed by atoms with Crippen molar-refractivity contribution in [2.45, 2.75) is 59.7 Å². The van der Waals surface area contributed by atoms with Gasteiger partial charge < -0.3 is 19.5 Å². The number of carbonyl (C=O) groups excluding carboxylic acids is 2. The monoisotopic (exact) mass is 413 g/mol. The smallest absolute Gasteiger partial charge is 0.342 e. The molecule has 0 saturated carbocycles. The molecule has 6 nitrogen and oxygen atoms in total. The van der Waals surface area contributed by atoms with Crippen LogP contribution in [0.4, 0.5) is 5.69 Å². The molecule has 2 aromatic rings. The first-order valence-corrected chi connectivity index (χ1v) is 9.96. The molecule has 0 fully saturated rings. The van der Waals surface area contributed by atoms with E-state index in [2.05, 4.69) is 0 Å². The summed E-state index contributed by atoms with van der Waals surface area (Å²) in [5, 5.41) is 10.8. The SMILES string of the molecule is CC(=O)N(C)c1ccc(OCc2ccc(C(C)C)c(O)c2C(=O)OC(C)(C)C)cc1. The highest BCUT2D eigenvalue weighted by molar-refractivity contribution is 5.95. The molecule has 0 aliphatic rings. The van der Waals surface area contributed by atoms with Crippen LogP contribution in [0, 0.1) is 0 Å². The van der Waals surface area contributed by atoms with Gasteiger partial charge in [-0.15, -0.1) is 0 Å². The number of anilines is 1. The van der Waals surface area contributed by atoms with E-state index in [0.29, 0.717) is 16.9 Å². The highest BCUT2D eigenvalue weighted by atomic mass is 16.6. The van der Waals surface area contributed by atoms with Crippen molar-refractivity contribution in [1.82, 2.24) is 0 Å². The molecular formula is C24H31NO5. The number of nitrogens with zero attached hydrogens (tertiary/aromatic N) is 1. The lowest BCUT2D eigenvalue weighted by Crippen LogP contribution is -2.25. The average molecular weight is 414 g/mol. The van der Waals surface area contributed by atoms with Gasteiger partial charge in [0, 0.05) is 25.2 Å². The zero-order valence-corrected chi connectivity index (χ0v) is 18.8. The van der Waals surface area contributed by atoms with Crippen molar-refractivity contribution >= 4 is 17.6 Å². The second kappa shape index (κ2) is 9.20. The number of aromatic hydroxyl groups is 1. The predicted octanol–water partition coefficient (Wildman–Crippen LogP) is 5.03. The number of carbonyl (C=O) groups is 2. The maximum atomic E-state index is 12.8. The summed E-state index contributed by atoms with van der Waals surface area (Å²) in [6, 6.07) is 10.7. The van der Waals surface area contributed by atoms with Crippen LogP contribution in [-0.2, 0) is 16.1 Å². The summed E-state index contributed by atoms with van der Waals surface area (Å²) in [5.41, 5.74) is 1.41. The molecule has 0 aliphatic carbocycles. The van der Waals surface area contributed by atoms with Crippen LogP contribution < -0.4 is 9.64 Å².